The van der Waals surface area contributed by atoms with Crippen LogP contribution in [0.5, 0.6) is 0 Å². The Bertz CT molecular complexity index is 537. The van der Waals surface area contributed by atoms with Gasteiger partial charge in [-0.3, -0.25) is 0 Å². The number of thiazole rings is 1. The minimum absolute atomic E-state index is 0.400. The Morgan fingerprint density at radius 3 is 3.12 bits per heavy atom. The van der Waals surface area contributed by atoms with Gasteiger partial charge in [-0.2, -0.15) is 0 Å². The monoisotopic (exact) mass is 248 g/mol. The Hall–Kier alpha value is -0.970. The van der Waals surface area contributed by atoms with E-state index in [1.807, 2.05) is 7.05 Å². The first-order valence-corrected chi connectivity index (χ1v) is 6.71. The van der Waals surface area contributed by atoms with Crippen LogP contribution in [-0.2, 0) is 4.74 Å². The fourth-order valence-electron chi connectivity index (χ4n) is 2.29. The van der Waals surface area contributed by atoms with Crippen molar-refractivity contribution in [3.8, 4) is 0 Å². The van der Waals surface area contributed by atoms with Crippen molar-refractivity contribution in [2.24, 2.45) is 0 Å². The molecule has 0 spiro atoms. The van der Waals surface area contributed by atoms with E-state index in [0.717, 1.165) is 18.7 Å². The molecule has 2 heterocycles. The van der Waals surface area contributed by atoms with Gasteiger partial charge in [0.15, 0.2) is 0 Å². The van der Waals surface area contributed by atoms with Crippen LogP contribution in [-0.4, -0.2) is 31.3 Å². The second-order valence-corrected chi connectivity index (χ2v) is 5.62. The number of fused-ring (bicyclic) bond motifs is 1. The normalized spacial score (nSPS) is 24.6. The molecule has 90 valence electrons. The third-order valence-corrected chi connectivity index (χ3v) is 4.48. The van der Waals surface area contributed by atoms with Crippen molar-refractivity contribution in [2.45, 2.75) is 18.9 Å². The molecule has 3 nitrogen and oxygen atoms in total. The van der Waals surface area contributed by atoms with Gasteiger partial charge >= 0.3 is 0 Å². The van der Waals surface area contributed by atoms with Crippen molar-refractivity contribution in [1.82, 2.24) is 10.3 Å². The van der Waals surface area contributed by atoms with Gasteiger partial charge < -0.3 is 10.1 Å². The molecular formula is C13H16N2OS. The van der Waals surface area contributed by atoms with E-state index in [9.17, 15) is 0 Å². The number of rotatable bonds is 2. The highest BCUT2D eigenvalue weighted by molar-refractivity contribution is 7.18. The lowest BCUT2D eigenvalue weighted by molar-refractivity contribution is 0.188. The molecule has 4 heteroatoms. The largest absolute Gasteiger partial charge is 0.379 e. The topological polar surface area (TPSA) is 34.1 Å². The van der Waals surface area contributed by atoms with Crippen molar-refractivity contribution in [3.63, 3.8) is 0 Å². The van der Waals surface area contributed by atoms with Gasteiger partial charge in [0.25, 0.3) is 0 Å². The molecule has 0 bridgehead atoms. The number of hydrogen-bond donors (Lipinski definition) is 1. The predicted molar refractivity (Wildman–Crippen MR) is 70.8 cm³/mol. The van der Waals surface area contributed by atoms with Crippen molar-refractivity contribution in [1.29, 1.82) is 0 Å². The zero-order valence-corrected chi connectivity index (χ0v) is 10.9. The molecule has 2 aromatic rings. The molecule has 1 aliphatic rings. The fraction of sp³-hybridized carbons (Fsp3) is 0.462. The van der Waals surface area contributed by atoms with E-state index in [2.05, 4.69) is 30.4 Å². The van der Waals surface area contributed by atoms with Crippen LogP contribution in [0.15, 0.2) is 18.2 Å². The molecule has 2 unspecified atom stereocenters. The number of nitrogens with one attached hydrogen (secondary N) is 1. The summed E-state index contributed by atoms with van der Waals surface area (Å²) in [6.45, 7) is 3.69. The highest BCUT2D eigenvalue weighted by Crippen LogP contribution is 2.32. The Balaban J connectivity index is 2.00. The minimum atomic E-state index is 0.400. The van der Waals surface area contributed by atoms with E-state index in [1.165, 1.54) is 15.3 Å². The maximum Gasteiger partial charge on any atom is 0.101 e. The molecule has 2 atom stereocenters. The van der Waals surface area contributed by atoms with E-state index in [4.69, 9.17) is 9.72 Å². The van der Waals surface area contributed by atoms with Gasteiger partial charge in [0, 0.05) is 6.04 Å². The lowest BCUT2D eigenvalue weighted by atomic mass is 10.1. The number of aromatic nitrogens is 1. The van der Waals surface area contributed by atoms with Crippen LogP contribution in [0, 0.1) is 6.92 Å². The van der Waals surface area contributed by atoms with Crippen molar-refractivity contribution in [2.75, 3.05) is 20.3 Å². The van der Waals surface area contributed by atoms with Gasteiger partial charge in [-0.25, -0.2) is 4.98 Å². The Kier molecular flexibility index (Phi) is 2.86. The number of aryl methyl sites for hydroxylation is 1. The summed E-state index contributed by atoms with van der Waals surface area (Å²) in [5.41, 5.74) is 2.40. The predicted octanol–water partition coefficient (Wildman–Crippen LogP) is 2.31. The molecule has 1 aliphatic heterocycles. The third-order valence-electron chi connectivity index (χ3n) is 3.33. The Morgan fingerprint density at radius 1 is 1.41 bits per heavy atom. The molecule has 1 fully saturated rings. The maximum absolute atomic E-state index is 5.54. The second-order valence-electron chi connectivity index (χ2n) is 4.56. The summed E-state index contributed by atoms with van der Waals surface area (Å²) in [6, 6.07) is 6.83. The summed E-state index contributed by atoms with van der Waals surface area (Å²) in [4.78, 5) is 4.73. The van der Waals surface area contributed by atoms with Crippen LogP contribution in [0.1, 0.15) is 16.5 Å². The van der Waals surface area contributed by atoms with Crippen molar-refractivity contribution >= 4 is 21.6 Å². The average molecular weight is 248 g/mol. The summed E-state index contributed by atoms with van der Waals surface area (Å²) in [5.74, 6) is 0.401. The van der Waals surface area contributed by atoms with E-state index >= 15 is 0 Å². The minimum Gasteiger partial charge on any atom is -0.379 e. The zero-order chi connectivity index (χ0) is 11.8. The van der Waals surface area contributed by atoms with Gasteiger partial charge in [-0.1, -0.05) is 6.07 Å². The number of hydrogen-bond acceptors (Lipinski definition) is 4. The molecule has 1 saturated heterocycles. The lowest BCUT2D eigenvalue weighted by Crippen LogP contribution is -2.30. The summed E-state index contributed by atoms with van der Waals surface area (Å²) in [5, 5.41) is 4.51. The summed E-state index contributed by atoms with van der Waals surface area (Å²) >= 11 is 1.80. The van der Waals surface area contributed by atoms with Crippen LogP contribution < -0.4 is 5.32 Å². The van der Waals surface area contributed by atoms with Gasteiger partial charge in [0.2, 0.25) is 0 Å². The number of likely N-dealkylation sites (N-methyl/N-ethyl adjacent to an activating group) is 1. The molecule has 0 radical (unpaired) electrons. The van der Waals surface area contributed by atoms with Crippen molar-refractivity contribution in [3.05, 3.63) is 28.8 Å². The first kappa shape index (κ1) is 11.1. The van der Waals surface area contributed by atoms with Crippen molar-refractivity contribution < 1.29 is 4.74 Å². The van der Waals surface area contributed by atoms with Gasteiger partial charge in [-0.15, -0.1) is 11.3 Å². The Morgan fingerprint density at radius 2 is 2.29 bits per heavy atom. The SMILES string of the molecule is CNC1COCC1c1nc2ccc(C)cc2s1. The van der Waals surface area contributed by atoms with Gasteiger partial charge in [0.05, 0.1) is 29.3 Å². The molecule has 0 saturated carbocycles. The molecule has 1 aromatic carbocycles. The van der Waals surface area contributed by atoms with E-state index in [1.54, 1.807) is 11.3 Å². The van der Waals surface area contributed by atoms with Crippen LogP contribution in [0.25, 0.3) is 10.2 Å². The van der Waals surface area contributed by atoms with Gasteiger partial charge in [-0.05, 0) is 31.7 Å². The molecule has 1 N–H and O–H groups in total. The smallest absolute Gasteiger partial charge is 0.101 e. The highest BCUT2D eigenvalue weighted by Gasteiger charge is 2.30. The van der Waals surface area contributed by atoms with Gasteiger partial charge in [0.1, 0.15) is 5.01 Å². The summed E-state index contributed by atoms with van der Waals surface area (Å²) < 4.78 is 6.82. The number of nitrogens with zero attached hydrogens (tertiary/aromatic N) is 1. The van der Waals surface area contributed by atoms with E-state index < -0.39 is 0 Å². The van der Waals surface area contributed by atoms with Crippen LogP contribution >= 0.6 is 11.3 Å². The molecule has 3 rings (SSSR count). The Labute approximate surface area is 105 Å². The van der Waals surface area contributed by atoms with Crippen LogP contribution in [0.4, 0.5) is 0 Å². The summed E-state index contributed by atoms with van der Waals surface area (Å²) in [7, 11) is 1.99. The molecule has 1 aromatic heterocycles. The highest BCUT2D eigenvalue weighted by atomic mass is 32.1. The molecular weight excluding hydrogens is 232 g/mol. The fourth-order valence-corrected chi connectivity index (χ4v) is 3.51. The van der Waals surface area contributed by atoms with Crippen LogP contribution in [0.2, 0.25) is 0 Å². The number of benzene rings is 1. The lowest BCUT2D eigenvalue weighted by Gasteiger charge is -2.13. The van der Waals surface area contributed by atoms with E-state index in [0.29, 0.717) is 12.0 Å². The van der Waals surface area contributed by atoms with Crippen LogP contribution in [0.3, 0.4) is 0 Å². The number of ether oxygens (including phenoxy) is 1. The molecule has 17 heavy (non-hydrogen) atoms. The van der Waals surface area contributed by atoms with E-state index in [-0.39, 0.29) is 0 Å². The standard InChI is InChI=1S/C13H16N2OS/c1-8-3-4-10-12(5-8)17-13(15-10)9-6-16-7-11(9)14-2/h3-5,9,11,14H,6-7H2,1-2H3. The first-order chi connectivity index (χ1) is 8.28. The molecule has 0 aliphatic carbocycles. The maximum atomic E-state index is 5.54. The summed E-state index contributed by atoms with van der Waals surface area (Å²) in [6.07, 6.45) is 0. The molecule has 0 amide bonds. The zero-order valence-electron chi connectivity index (χ0n) is 10.1. The third kappa shape index (κ3) is 1.97. The quantitative estimate of drug-likeness (QED) is 0.885. The average Bonchev–Trinajstić information content (AvgIpc) is 2.93. The second kappa shape index (κ2) is 4.37. The first-order valence-electron chi connectivity index (χ1n) is 5.90.